The second kappa shape index (κ2) is 11.2. The Bertz CT molecular complexity index is 655. The lowest BCUT2D eigenvalue weighted by molar-refractivity contribution is 0.145. The molecule has 26 heavy (non-hydrogen) atoms. The molecule has 0 amide bonds. The van der Waals surface area contributed by atoms with Crippen LogP contribution in [0.15, 0.2) is 48.5 Å². The van der Waals surface area contributed by atoms with Crippen LogP contribution in [-0.2, 0) is 6.61 Å². The maximum absolute atomic E-state index is 13.6. The Morgan fingerprint density at radius 3 is 2.38 bits per heavy atom. The molecule has 2 aromatic carbocycles. The lowest BCUT2D eigenvalue weighted by atomic mass is 10.0. The third kappa shape index (κ3) is 5.74. The Morgan fingerprint density at radius 1 is 1.08 bits per heavy atom. The van der Waals surface area contributed by atoms with Crippen molar-refractivity contribution in [3.63, 3.8) is 0 Å². The van der Waals surface area contributed by atoms with Gasteiger partial charge in [-0.05, 0) is 17.7 Å². The molecule has 1 aliphatic heterocycles. The summed E-state index contributed by atoms with van der Waals surface area (Å²) >= 11 is 0. The molecule has 1 aliphatic rings. The molecule has 0 unspecified atom stereocenters. The Balaban J connectivity index is 0.00000169. The van der Waals surface area contributed by atoms with Gasteiger partial charge in [0.1, 0.15) is 24.8 Å². The number of piperazine rings is 1. The molecule has 144 valence electrons. The SMILES string of the molecule is Cl.Cl.Oc1cc(OCc2ccccc2)ccc1[C@H](CF)N1CCNCC1. The first-order valence-corrected chi connectivity index (χ1v) is 8.28. The summed E-state index contributed by atoms with van der Waals surface area (Å²) in [5, 5.41) is 13.6. The summed E-state index contributed by atoms with van der Waals surface area (Å²) in [5.41, 5.74) is 1.68. The van der Waals surface area contributed by atoms with Crippen molar-refractivity contribution in [3.05, 3.63) is 59.7 Å². The molecule has 1 heterocycles. The molecule has 0 saturated carbocycles. The fraction of sp³-hybridized carbons (Fsp3) is 0.368. The van der Waals surface area contributed by atoms with Crippen LogP contribution in [0.2, 0.25) is 0 Å². The Morgan fingerprint density at radius 2 is 1.77 bits per heavy atom. The lowest BCUT2D eigenvalue weighted by Crippen LogP contribution is -2.45. The summed E-state index contributed by atoms with van der Waals surface area (Å²) in [7, 11) is 0. The molecule has 1 fully saturated rings. The van der Waals surface area contributed by atoms with Crippen LogP contribution < -0.4 is 10.1 Å². The molecular weight excluding hydrogens is 378 g/mol. The highest BCUT2D eigenvalue weighted by Crippen LogP contribution is 2.32. The highest BCUT2D eigenvalue weighted by molar-refractivity contribution is 5.85. The van der Waals surface area contributed by atoms with Gasteiger partial charge in [0, 0.05) is 37.8 Å². The maximum Gasteiger partial charge on any atom is 0.124 e. The van der Waals surface area contributed by atoms with Gasteiger partial charge in [0.25, 0.3) is 0 Å². The molecule has 2 aromatic rings. The summed E-state index contributed by atoms with van der Waals surface area (Å²) < 4.78 is 19.3. The number of hydrogen-bond donors (Lipinski definition) is 2. The minimum atomic E-state index is -0.516. The number of nitrogens with one attached hydrogen (secondary N) is 1. The standard InChI is InChI=1S/C19H23FN2O2.2ClH/c20-13-18(22-10-8-21-9-11-22)17-7-6-16(12-19(17)23)24-14-15-4-2-1-3-5-15;;/h1-7,12,18,21,23H,8-11,13-14H2;2*1H/t18-;;/m0../s1. The molecule has 0 bridgehead atoms. The van der Waals surface area contributed by atoms with Crippen molar-refractivity contribution in [1.82, 2.24) is 10.2 Å². The third-order valence-corrected chi connectivity index (χ3v) is 4.35. The number of alkyl halides is 1. The summed E-state index contributed by atoms with van der Waals surface area (Å²) in [4.78, 5) is 2.07. The van der Waals surface area contributed by atoms with Crippen LogP contribution in [0.4, 0.5) is 4.39 Å². The summed E-state index contributed by atoms with van der Waals surface area (Å²) in [6, 6.07) is 14.6. The van der Waals surface area contributed by atoms with Gasteiger partial charge in [0.2, 0.25) is 0 Å². The highest BCUT2D eigenvalue weighted by Gasteiger charge is 2.24. The smallest absolute Gasteiger partial charge is 0.124 e. The van der Waals surface area contributed by atoms with E-state index in [2.05, 4.69) is 10.2 Å². The van der Waals surface area contributed by atoms with Crippen molar-refractivity contribution in [3.8, 4) is 11.5 Å². The minimum Gasteiger partial charge on any atom is -0.507 e. The number of phenols is 1. The molecule has 4 nitrogen and oxygen atoms in total. The van der Waals surface area contributed by atoms with Crippen LogP contribution in [0, 0.1) is 0 Å². The molecule has 1 atom stereocenters. The first-order chi connectivity index (χ1) is 11.8. The molecule has 0 spiro atoms. The number of nitrogens with zero attached hydrogens (tertiary/aromatic N) is 1. The number of aromatic hydroxyl groups is 1. The lowest BCUT2D eigenvalue weighted by Gasteiger charge is -2.33. The predicted molar refractivity (Wildman–Crippen MR) is 107 cm³/mol. The van der Waals surface area contributed by atoms with Gasteiger partial charge < -0.3 is 15.2 Å². The van der Waals surface area contributed by atoms with E-state index in [4.69, 9.17) is 4.74 Å². The van der Waals surface area contributed by atoms with Crippen LogP contribution in [0.25, 0.3) is 0 Å². The molecule has 3 rings (SSSR count). The quantitative estimate of drug-likeness (QED) is 0.772. The highest BCUT2D eigenvalue weighted by atomic mass is 35.5. The normalized spacial score (nSPS) is 15.4. The van der Waals surface area contributed by atoms with E-state index in [1.165, 1.54) is 0 Å². The topological polar surface area (TPSA) is 44.7 Å². The van der Waals surface area contributed by atoms with E-state index < -0.39 is 12.7 Å². The Hall–Kier alpha value is -1.53. The van der Waals surface area contributed by atoms with Crippen molar-refractivity contribution in [2.24, 2.45) is 0 Å². The van der Waals surface area contributed by atoms with Crippen molar-refractivity contribution in [1.29, 1.82) is 0 Å². The Labute approximate surface area is 166 Å². The fourth-order valence-electron chi connectivity index (χ4n) is 3.01. The molecular formula is C19H25Cl2FN2O2. The molecule has 0 aliphatic carbocycles. The molecule has 0 radical (unpaired) electrons. The number of benzene rings is 2. The van der Waals surface area contributed by atoms with E-state index in [-0.39, 0.29) is 30.6 Å². The molecule has 0 aromatic heterocycles. The average molecular weight is 403 g/mol. The van der Waals surface area contributed by atoms with E-state index >= 15 is 0 Å². The first kappa shape index (κ1) is 22.5. The van der Waals surface area contributed by atoms with Crippen molar-refractivity contribution in [2.75, 3.05) is 32.9 Å². The second-order valence-electron chi connectivity index (χ2n) is 5.95. The van der Waals surface area contributed by atoms with E-state index in [1.54, 1.807) is 18.2 Å². The largest absolute Gasteiger partial charge is 0.507 e. The predicted octanol–water partition coefficient (Wildman–Crippen LogP) is 3.73. The summed E-state index contributed by atoms with van der Waals surface area (Å²) in [5.74, 6) is 0.666. The first-order valence-electron chi connectivity index (χ1n) is 8.28. The van der Waals surface area contributed by atoms with E-state index in [0.29, 0.717) is 17.9 Å². The summed E-state index contributed by atoms with van der Waals surface area (Å²) in [6.45, 7) is 3.16. The monoisotopic (exact) mass is 402 g/mol. The third-order valence-electron chi connectivity index (χ3n) is 4.35. The van der Waals surface area contributed by atoms with Crippen molar-refractivity contribution >= 4 is 24.8 Å². The molecule has 7 heteroatoms. The molecule has 1 saturated heterocycles. The van der Waals surface area contributed by atoms with Crippen molar-refractivity contribution in [2.45, 2.75) is 12.6 Å². The van der Waals surface area contributed by atoms with Gasteiger partial charge >= 0.3 is 0 Å². The van der Waals surface area contributed by atoms with Gasteiger partial charge in [-0.15, -0.1) is 24.8 Å². The molecule has 2 N–H and O–H groups in total. The van der Waals surface area contributed by atoms with Gasteiger partial charge in [-0.2, -0.15) is 0 Å². The zero-order valence-electron chi connectivity index (χ0n) is 14.4. The van der Waals surface area contributed by atoms with Gasteiger partial charge in [-0.25, -0.2) is 4.39 Å². The maximum atomic E-state index is 13.6. The number of ether oxygens (including phenoxy) is 1. The number of hydrogen-bond acceptors (Lipinski definition) is 4. The van der Waals surface area contributed by atoms with Gasteiger partial charge in [-0.3, -0.25) is 4.90 Å². The number of phenolic OH excluding ortho intramolecular Hbond substituents is 1. The van der Waals surface area contributed by atoms with E-state index in [1.807, 2.05) is 30.3 Å². The minimum absolute atomic E-state index is 0. The van der Waals surface area contributed by atoms with E-state index in [0.717, 1.165) is 31.7 Å². The van der Waals surface area contributed by atoms with Crippen LogP contribution in [0.3, 0.4) is 0 Å². The number of rotatable bonds is 6. The Kier molecular flexibility index (Phi) is 9.73. The van der Waals surface area contributed by atoms with Crippen LogP contribution in [-0.4, -0.2) is 42.9 Å². The zero-order valence-corrected chi connectivity index (χ0v) is 16.1. The van der Waals surface area contributed by atoms with Gasteiger partial charge in [0.15, 0.2) is 0 Å². The summed E-state index contributed by atoms with van der Waals surface area (Å²) in [6.07, 6.45) is 0. The van der Waals surface area contributed by atoms with Gasteiger partial charge in [-0.1, -0.05) is 30.3 Å². The average Bonchev–Trinajstić information content (AvgIpc) is 2.64. The zero-order chi connectivity index (χ0) is 16.8. The second-order valence-corrected chi connectivity index (χ2v) is 5.95. The van der Waals surface area contributed by atoms with Crippen molar-refractivity contribution < 1.29 is 14.2 Å². The van der Waals surface area contributed by atoms with E-state index in [9.17, 15) is 9.50 Å². The van der Waals surface area contributed by atoms with Crippen LogP contribution in [0.5, 0.6) is 11.5 Å². The van der Waals surface area contributed by atoms with Gasteiger partial charge in [0.05, 0.1) is 6.04 Å². The number of halogens is 3. The van der Waals surface area contributed by atoms with Crippen LogP contribution >= 0.6 is 24.8 Å². The fourth-order valence-corrected chi connectivity index (χ4v) is 3.01. The van der Waals surface area contributed by atoms with Crippen LogP contribution in [0.1, 0.15) is 17.2 Å².